The van der Waals surface area contributed by atoms with Crippen LogP contribution in [-0.4, -0.2) is 21.6 Å². The number of benzene rings is 2. The molecule has 2 aromatic rings. The summed E-state index contributed by atoms with van der Waals surface area (Å²) in [5.74, 6) is 1.30. The Hall–Kier alpha value is -1.24. The lowest BCUT2D eigenvalue weighted by atomic mass is 10.3. The molecule has 7 heteroatoms. The minimum atomic E-state index is -3.70. The monoisotopic (exact) mass is 390 g/mol. The van der Waals surface area contributed by atoms with Crippen LogP contribution in [0.25, 0.3) is 0 Å². The molecule has 2 aromatic carbocycles. The lowest BCUT2D eigenvalue weighted by molar-refractivity contribution is 0.217. The standard InChI is InChI=1S/C14H12BrClO4S/c15-11-2-1-3-13(10-11)20-9-8-19-12-4-6-14(7-5-12)21(16,17)18/h1-7,10H,8-9H2. The smallest absolute Gasteiger partial charge is 0.261 e. The molecule has 0 aliphatic rings. The predicted octanol–water partition coefficient (Wildman–Crippen LogP) is 3.83. The predicted molar refractivity (Wildman–Crippen MR) is 84.6 cm³/mol. The van der Waals surface area contributed by atoms with Crippen LogP contribution in [0.4, 0.5) is 0 Å². The Labute approximate surface area is 136 Å². The van der Waals surface area contributed by atoms with Crippen molar-refractivity contribution in [2.24, 2.45) is 0 Å². The number of rotatable bonds is 6. The van der Waals surface area contributed by atoms with E-state index in [4.69, 9.17) is 20.2 Å². The highest BCUT2D eigenvalue weighted by molar-refractivity contribution is 9.10. The summed E-state index contributed by atoms with van der Waals surface area (Å²) in [4.78, 5) is 0.0434. The molecule has 0 spiro atoms. The van der Waals surface area contributed by atoms with Crippen molar-refractivity contribution in [2.45, 2.75) is 4.90 Å². The highest BCUT2D eigenvalue weighted by atomic mass is 79.9. The fourth-order valence-electron chi connectivity index (χ4n) is 1.57. The van der Waals surface area contributed by atoms with E-state index in [0.29, 0.717) is 19.0 Å². The molecule has 0 aromatic heterocycles. The lowest BCUT2D eigenvalue weighted by Gasteiger charge is -2.08. The zero-order valence-corrected chi connectivity index (χ0v) is 14.0. The van der Waals surface area contributed by atoms with Crippen molar-refractivity contribution in [3.63, 3.8) is 0 Å². The molecule has 0 saturated carbocycles. The van der Waals surface area contributed by atoms with Crippen LogP contribution in [0.1, 0.15) is 0 Å². The molecule has 112 valence electrons. The topological polar surface area (TPSA) is 52.6 Å². The number of hydrogen-bond acceptors (Lipinski definition) is 4. The van der Waals surface area contributed by atoms with Gasteiger partial charge in [0.25, 0.3) is 9.05 Å². The summed E-state index contributed by atoms with van der Waals surface area (Å²) in [6, 6.07) is 13.4. The Morgan fingerprint density at radius 1 is 0.952 bits per heavy atom. The third-order valence-electron chi connectivity index (χ3n) is 2.52. The van der Waals surface area contributed by atoms with E-state index in [1.54, 1.807) is 12.1 Å². The van der Waals surface area contributed by atoms with Gasteiger partial charge in [0.2, 0.25) is 0 Å². The second-order valence-electron chi connectivity index (χ2n) is 4.06. The molecular formula is C14H12BrClO4S. The van der Waals surface area contributed by atoms with Gasteiger partial charge in [-0.05, 0) is 42.5 Å². The van der Waals surface area contributed by atoms with E-state index in [-0.39, 0.29) is 4.90 Å². The third kappa shape index (κ3) is 5.22. The molecule has 0 atom stereocenters. The van der Waals surface area contributed by atoms with E-state index in [0.717, 1.165) is 10.2 Å². The molecule has 0 saturated heterocycles. The van der Waals surface area contributed by atoms with Gasteiger partial charge in [0.15, 0.2) is 0 Å². The molecule has 4 nitrogen and oxygen atoms in total. The molecule has 0 bridgehead atoms. The minimum absolute atomic E-state index is 0.0434. The van der Waals surface area contributed by atoms with Crippen LogP contribution in [0, 0.1) is 0 Å². The molecule has 0 unspecified atom stereocenters. The number of halogens is 2. The normalized spacial score (nSPS) is 11.1. The quantitative estimate of drug-likeness (QED) is 0.555. The molecule has 0 amide bonds. The average molecular weight is 392 g/mol. The van der Waals surface area contributed by atoms with Crippen LogP contribution in [-0.2, 0) is 9.05 Å². The summed E-state index contributed by atoms with van der Waals surface area (Å²) >= 11 is 3.36. The van der Waals surface area contributed by atoms with Crippen LogP contribution < -0.4 is 9.47 Å². The van der Waals surface area contributed by atoms with Gasteiger partial charge < -0.3 is 9.47 Å². The summed E-state index contributed by atoms with van der Waals surface area (Å²) < 4.78 is 34.1. The van der Waals surface area contributed by atoms with E-state index in [2.05, 4.69) is 15.9 Å². The van der Waals surface area contributed by atoms with Gasteiger partial charge in [0.05, 0.1) is 4.90 Å². The lowest BCUT2D eigenvalue weighted by Crippen LogP contribution is -2.09. The van der Waals surface area contributed by atoms with Crippen molar-refractivity contribution in [1.82, 2.24) is 0 Å². The first-order chi connectivity index (χ1) is 9.95. The zero-order chi connectivity index (χ0) is 15.3. The van der Waals surface area contributed by atoms with Gasteiger partial charge in [0.1, 0.15) is 24.7 Å². The molecule has 0 fully saturated rings. The van der Waals surface area contributed by atoms with Gasteiger partial charge in [-0.15, -0.1) is 0 Å². The highest BCUT2D eigenvalue weighted by Gasteiger charge is 2.09. The molecule has 0 aliphatic heterocycles. The molecule has 0 radical (unpaired) electrons. The van der Waals surface area contributed by atoms with Crippen LogP contribution in [0.3, 0.4) is 0 Å². The Bertz CT molecular complexity index is 701. The van der Waals surface area contributed by atoms with E-state index in [1.165, 1.54) is 12.1 Å². The second-order valence-corrected chi connectivity index (χ2v) is 7.55. The van der Waals surface area contributed by atoms with Gasteiger partial charge in [-0.3, -0.25) is 0 Å². The van der Waals surface area contributed by atoms with E-state index < -0.39 is 9.05 Å². The van der Waals surface area contributed by atoms with Crippen LogP contribution in [0.15, 0.2) is 57.9 Å². The maximum absolute atomic E-state index is 11.1. The van der Waals surface area contributed by atoms with Crippen LogP contribution in [0.2, 0.25) is 0 Å². The molecule has 0 aliphatic carbocycles. The summed E-state index contributed by atoms with van der Waals surface area (Å²) in [6.07, 6.45) is 0. The Balaban J connectivity index is 1.81. The summed E-state index contributed by atoms with van der Waals surface area (Å²) in [5, 5.41) is 0. The molecule has 0 N–H and O–H groups in total. The van der Waals surface area contributed by atoms with Crippen LogP contribution in [0.5, 0.6) is 11.5 Å². The van der Waals surface area contributed by atoms with Crippen molar-refractivity contribution < 1.29 is 17.9 Å². The highest BCUT2D eigenvalue weighted by Crippen LogP contribution is 2.20. The molecule has 21 heavy (non-hydrogen) atoms. The van der Waals surface area contributed by atoms with E-state index in [9.17, 15) is 8.42 Å². The van der Waals surface area contributed by atoms with Crippen molar-refractivity contribution in [2.75, 3.05) is 13.2 Å². The van der Waals surface area contributed by atoms with Crippen molar-refractivity contribution in [3.8, 4) is 11.5 Å². The van der Waals surface area contributed by atoms with Crippen molar-refractivity contribution >= 4 is 35.7 Å². The largest absolute Gasteiger partial charge is 0.490 e. The Morgan fingerprint density at radius 3 is 2.14 bits per heavy atom. The Kier molecular flexibility index (Phi) is 5.50. The van der Waals surface area contributed by atoms with Crippen molar-refractivity contribution in [3.05, 3.63) is 53.0 Å². The molecular weight excluding hydrogens is 380 g/mol. The van der Waals surface area contributed by atoms with Gasteiger partial charge in [-0.1, -0.05) is 22.0 Å². The summed E-state index contributed by atoms with van der Waals surface area (Å²) in [5.41, 5.74) is 0. The Morgan fingerprint density at radius 2 is 1.57 bits per heavy atom. The molecule has 2 rings (SSSR count). The zero-order valence-electron chi connectivity index (χ0n) is 10.8. The summed E-state index contributed by atoms with van der Waals surface area (Å²) in [7, 11) is 1.53. The maximum atomic E-state index is 11.1. The first-order valence-electron chi connectivity index (χ1n) is 6.01. The summed E-state index contributed by atoms with van der Waals surface area (Å²) in [6.45, 7) is 0.728. The molecule has 0 heterocycles. The van der Waals surface area contributed by atoms with Crippen LogP contribution >= 0.6 is 26.6 Å². The third-order valence-corrected chi connectivity index (χ3v) is 4.39. The maximum Gasteiger partial charge on any atom is 0.261 e. The fourth-order valence-corrected chi connectivity index (χ4v) is 2.72. The fraction of sp³-hybridized carbons (Fsp3) is 0.143. The second kappa shape index (κ2) is 7.15. The average Bonchev–Trinajstić information content (AvgIpc) is 2.43. The van der Waals surface area contributed by atoms with E-state index >= 15 is 0 Å². The van der Waals surface area contributed by atoms with Crippen molar-refractivity contribution in [1.29, 1.82) is 0 Å². The van der Waals surface area contributed by atoms with Gasteiger partial charge >= 0.3 is 0 Å². The van der Waals surface area contributed by atoms with E-state index in [1.807, 2.05) is 24.3 Å². The number of ether oxygens (including phenoxy) is 2. The first-order valence-corrected chi connectivity index (χ1v) is 9.11. The number of hydrogen-bond donors (Lipinski definition) is 0. The first kappa shape index (κ1) is 16.1. The van der Waals surface area contributed by atoms with Gasteiger partial charge in [-0.25, -0.2) is 8.42 Å². The van der Waals surface area contributed by atoms with Gasteiger partial charge in [0, 0.05) is 15.2 Å². The van der Waals surface area contributed by atoms with Gasteiger partial charge in [-0.2, -0.15) is 0 Å². The minimum Gasteiger partial charge on any atom is -0.490 e. The SMILES string of the molecule is O=S(=O)(Cl)c1ccc(OCCOc2cccc(Br)c2)cc1.